The van der Waals surface area contributed by atoms with E-state index in [0.717, 1.165) is 68.6 Å². The number of nitrogens with zero attached hydrogens (tertiary/aromatic N) is 4. The van der Waals surface area contributed by atoms with Crippen molar-refractivity contribution in [2.24, 2.45) is 10.9 Å². The first-order chi connectivity index (χ1) is 15.5. The third kappa shape index (κ3) is 6.13. The van der Waals surface area contributed by atoms with Gasteiger partial charge in [-0.1, -0.05) is 12.1 Å². The van der Waals surface area contributed by atoms with Crippen molar-refractivity contribution in [1.82, 2.24) is 20.2 Å². The molecule has 0 saturated carbocycles. The van der Waals surface area contributed by atoms with Gasteiger partial charge < -0.3 is 20.1 Å². The molecule has 3 aromatic rings. The Labute approximate surface area is 210 Å². The van der Waals surface area contributed by atoms with Crippen LogP contribution in [0, 0.1) is 24.5 Å². The monoisotopic (exact) mass is 568 g/mol. The molecule has 1 aromatic heterocycles. The summed E-state index contributed by atoms with van der Waals surface area (Å²) >= 11 is 0. The third-order valence-corrected chi connectivity index (χ3v) is 6.03. The Bertz CT molecular complexity index is 1100. The number of benzene rings is 2. The maximum atomic E-state index is 13.5. The fourth-order valence-electron chi connectivity index (χ4n) is 4.30. The molecule has 1 aliphatic rings. The summed E-state index contributed by atoms with van der Waals surface area (Å²) in [7, 11) is 1.77. The Morgan fingerprint density at radius 2 is 1.97 bits per heavy atom. The first kappa shape index (κ1) is 25.2. The molecule has 6 nitrogen and oxygen atoms in total. The number of aryl methyl sites for hydroxylation is 2. The van der Waals surface area contributed by atoms with Crippen LogP contribution in [0.2, 0.25) is 0 Å². The van der Waals surface area contributed by atoms with Gasteiger partial charge in [0.1, 0.15) is 5.82 Å². The highest BCUT2D eigenvalue weighted by Gasteiger charge is 2.23. The second kappa shape index (κ2) is 11.6. The zero-order chi connectivity index (χ0) is 22.5. The van der Waals surface area contributed by atoms with Gasteiger partial charge in [0.25, 0.3) is 0 Å². The number of aliphatic imine (C=N–C) groups is 1. The molecule has 1 saturated heterocycles. The molecule has 178 valence electrons. The van der Waals surface area contributed by atoms with Crippen LogP contribution in [-0.2, 0) is 6.54 Å². The van der Waals surface area contributed by atoms with E-state index in [1.165, 1.54) is 17.6 Å². The largest absolute Gasteiger partial charge is 0.371 e. The smallest absolute Gasteiger partial charge is 0.190 e. The summed E-state index contributed by atoms with van der Waals surface area (Å²) < 4.78 is 29.0. The highest BCUT2D eigenvalue weighted by Crippen LogP contribution is 2.25. The Morgan fingerprint density at radius 3 is 2.76 bits per heavy atom. The SMILES string of the molecule is CN=C(NCCCn1c(C)nc2ccccc21)NCC1CCN(c2ccc(F)c(F)c2)C1.I. The third-order valence-electron chi connectivity index (χ3n) is 6.03. The summed E-state index contributed by atoms with van der Waals surface area (Å²) in [5, 5.41) is 6.78. The molecular weight excluding hydrogens is 537 g/mol. The van der Waals surface area contributed by atoms with Gasteiger partial charge in [-0.3, -0.25) is 4.99 Å². The van der Waals surface area contributed by atoms with Crippen molar-refractivity contribution in [2.45, 2.75) is 26.3 Å². The molecule has 1 aliphatic heterocycles. The summed E-state index contributed by atoms with van der Waals surface area (Å²) in [4.78, 5) is 11.0. The van der Waals surface area contributed by atoms with E-state index >= 15 is 0 Å². The maximum absolute atomic E-state index is 13.5. The molecule has 0 spiro atoms. The van der Waals surface area contributed by atoms with Gasteiger partial charge in [-0.05, 0) is 49.9 Å². The average molecular weight is 568 g/mol. The zero-order valence-corrected chi connectivity index (χ0v) is 21.4. The second-order valence-corrected chi connectivity index (χ2v) is 8.23. The lowest BCUT2D eigenvalue weighted by Crippen LogP contribution is -2.40. The van der Waals surface area contributed by atoms with Crippen LogP contribution in [0.5, 0.6) is 0 Å². The van der Waals surface area contributed by atoms with E-state index in [9.17, 15) is 8.78 Å². The zero-order valence-electron chi connectivity index (χ0n) is 19.0. The predicted octanol–water partition coefficient (Wildman–Crippen LogP) is 4.32. The number of fused-ring (bicyclic) bond motifs is 1. The molecule has 0 bridgehead atoms. The van der Waals surface area contributed by atoms with Crippen LogP contribution in [0.25, 0.3) is 11.0 Å². The van der Waals surface area contributed by atoms with E-state index in [4.69, 9.17) is 0 Å². The molecule has 1 atom stereocenters. The van der Waals surface area contributed by atoms with E-state index in [-0.39, 0.29) is 24.0 Å². The molecule has 2 aromatic carbocycles. The number of guanidine groups is 1. The minimum atomic E-state index is -0.808. The summed E-state index contributed by atoms with van der Waals surface area (Å²) in [5.41, 5.74) is 2.93. The summed E-state index contributed by atoms with van der Waals surface area (Å²) in [6.45, 7) is 6.16. The van der Waals surface area contributed by atoms with E-state index in [1.54, 1.807) is 13.1 Å². The minimum absolute atomic E-state index is 0. The van der Waals surface area contributed by atoms with Crippen molar-refractivity contribution in [3.8, 4) is 0 Å². The second-order valence-electron chi connectivity index (χ2n) is 8.23. The van der Waals surface area contributed by atoms with Crippen LogP contribution < -0.4 is 15.5 Å². The normalized spacial score (nSPS) is 16.2. The molecule has 0 radical (unpaired) electrons. The first-order valence-electron chi connectivity index (χ1n) is 11.1. The standard InChI is InChI=1S/C24H30F2N6.HI/c1-17-30-22-6-3-4-7-23(22)32(17)12-5-11-28-24(27-2)29-15-18-10-13-31(16-18)19-8-9-20(25)21(26)14-19;/h3-4,6-9,14,18H,5,10-13,15-16H2,1-2H3,(H2,27,28,29);1H. The van der Waals surface area contributed by atoms with E-state index in [0.29, 0.717) is 5.92 Å². The quantitative estimate of drug-likeness (QED) is 0.193. The van der Waals surface area contributed by atoms with Gasteiger partial charge >= 0.3 is 0 Å². The molecule has 33 heavy (non-hydrogen) atoms. The highest BCUT2D eigenvalue weighted by atomic mass is 127. The van der Waals surface area contributed by atoms with Gasteiger partial charge in [0.15, 0.2) is 17.6 Å². The van der Waals surface area contributed by atoms with Gasteiger partial charge in [-0.15, -0.1) is 24.0 Å². The number of nitrogens with one attached hydrogen (secondary N) is 2. The fraction of sp³-hybridized carbons (Fsp3) is 0.417. The molecule has 2 N–H and O–H groups in total. The minimum Gasteiger partial charge on any atom is -0.371 e. The lowest BCUT2D eigenvalue weighted by molar-refractivity contribution is 0.508. The first-order valence-corrected chi connectivity index (χ1v) is 11.1. The van der Waals surface area contributed by atoms with Crippen LogP contribution in [0.1, 0.15) is 18.7 Å². The van der Waals surface area contributed by atoms with Crippen LogP contribution in [0.15, 0.2) is 47.5 Å². The van der Waals surface area contributed by atoms with Crippen molar-refractivity contribution in [3.63, 3.8) is 0 Å². The van der Waals surface area contributed by atoms with Crippen molar-refractivity contribution in [2.75, 3.05) is 38.1 Å². The van der Waals surface area contributed by atoms with Gasteiger partial charge in [0, 0.05) is 51.5 Å². The number of imidazole rings is 1. The van der Waals surface area contributed by atoms with Gasteiger partial charge in [-0.25, -0.2) is 13.8 Å². The maximum Gasteiger partial charge on any atom is 0.190 e. The average Bonchev–Trinajstić information content (AvgIpc) is 3.39. The van der Waals surface area contributed by atoms with Gasteiger partial charge in [0.2, 0.25) is 0 Å². The van der Waals surface area contributed by atoms with Crippen LogP contribution in [-0.4, -0.2) is 48.7 Å². The number of halogens is 3. The van der Waals surface area contributed by atoms with Gasteiger partial charge in [-0.2, -0.15) is 0 Å². The molecule has 4 rings (SSSR count). The molecule has 2 heterocycles. The molecular formula is C24H31F2IN6. The number of hydrogen-bond donors (Lipinski definition) is 2. The lowest BCUT2D eigenvalue weighted by Gasteiger charge is -2.19. The Morgan fingerprint density at radius 1 is 1.15 bits per heavy atom. The highest BCUT2D eigenvalue weighted by molar-refractivity contribution is 14.0. The summed E-state index contributed by atoms with van der Waals surface area (Å²) in [6, 6.07) is 12.3. The topological polar surface area (TPSA) is 57.5 Å². The number of rotatable bonds is 7. The summed E-state index contributed by atoms with van der Waals surface area (Å²) in [5.74, 6) is 0.621. The molecule has 9 heteroatoms. The molecule has 1 fully saturated rings. The van der Waals surface area contributed by atoms with E-state index < -0.39 is 11.6 Å². The number of anilines is 1. The van der Waals surface area contributed by atoms with Crippen molar-refractivity contribution >= 4 is 46.7 Å². The number of para-hydroxylation sites is 2. The predicted molar refractivity (Wildman–Crippen MR) is 141 cm³/mol. The van der Waals surface area contributed by atoms with Crippen molar-refractivity contribution < 1.29 is 8.78 Å². The Kier molecular flexibility index (Phi) is 8.87. The lowest BCUT2D eigenvalue weighted by atomic mass is 10.1. The Hall–Kier alpha value is -2.43. The van der Waals surface area contributed by atoms with Crippen LogP contribution >= 0.6 is 24.0 Å². The fourth-order valence-corrected chi connectivity index (χ4v) is 4.30. The van der Waals surface area contributed by atoms with E-state index in [2.05, 4.69) is 36.1 Å². The van der Waals surface area contributed by atoms with Crippen LogP contribution in [0.3, 0.4) is 0 Å². The van der Waals surface area contributed by atoms with Crippen molar-refractivity contribution in [1.29, 1.82) is 0 Å². The molecule has 0 amide bonds. The van der Waals surface area contributed by atoms with Crippen LogP contribution in [0.4, 0.5) is 14.5 Å². The number of hydrogen-bond acceptors (Lipinski definition) is 3. The number of aromatic nitrogens is 2. The van der Waals surface area contributed by atoms with Crippen molar-refractivity contribution in [3.05, 3.63) is 59.9 Å². The Balaban J connectivity index is 0.00000306. The van der Waals surface area contributed by atoms with Gasteiger partial charge in [0.05, 0.1) is 11.0 Å². The summed E-state index contributed by atoms with van der Waals surface area (Å²) in [6.07, 6.45) is 1.95. The van der Waals surface area contributed by atoms with E-state index in [1.807, 2.05) is 25.1 Å². The molecule has 1 unspecified atom stereocenters. The molecule has 0 aliphatic carbocycles.